The van der Waals surface area contributed by atoms with Crippen molar-refractivity contribution in [1.29, 1.82) is 0 Å². The van der Waals surface area contributed by atoms with Gasteiger partial charge < -0.3 is 22.1 Å². The first-order valence-corrected chi connectivity index (χ1v) is 5.25. The third-order valence-electron chi connectivity index (χ3n) is 1.87. The lowest BCUT2D eigenvalue weighted by atomic mass is 10.4. The molecule has 1 heterocycles. The highest BCUT2D eigenvalue weighted by atomic mass is 32.1. The summed E-state index contributed by atoms with van der Waals surface area (Å²) in [5.41, 5.74) is 15.9. The van der Waals surface area contributed by atoms with Gasteiger partial charge in [0, 0.05) is 6.20 Å². The summed E-state index contributed by atoms with van der Waals surface area (Å²) in [4.78, 5) is 31.1. The summed E-state index contributed by atoms with van der Waals surface area (Å²) in [6, 6.07) is 1.51. The van der Waals surface area contributed by atoms with E-state index in [-0.39, 0.29) is 24.0 Å². The number of primary amides is 2. The zero-order chi connectivity index (χ0) is 13.7. The number of carbonyl (C=O) groups is 2. The van der Waals surface area contributed by atoms with Crippen LogP contribution < -0.4 is 22.1 Å². The first-order valence-electron chi connectivity index (χ1n) is 4.84. The minimum atomic E-state index is -0.638. The minimum absolute atomic E-state index is 0.0803. The van der Waals surface area contributed by atoms with E-state index < -0.39 is 11.8 Å². The Morgan fingerprint density at radius 3 is 2.22 bits per heavy atom. The van der Waals surface area contributed by atoms with E-state index in [1.165, 1.54) is 17.2 Å². The number of aromatic nitrogens is 2. The van der Waals surface area contributed by atoms with E-state index >= 15 is 0 Å². The van der Waals surface area contributed by atoms with Gasteiger partial charge in [-0.3, -0.25) is 9.59 Å². The summed E-state index contributed by atoms with van der Waals surface area (Å²) in [6.07, 6.45) is 1.41. The van der Waals surface area contributed by atoms with Crippen LogP contribution in [0.5, 0.6) is 0 Å². The molecule has 0 saturated carbocycles. The molecule has 1 aromatic heterocycles. The van der Waals surface area contributed by atoms with Crippen LogP contribution in [0.15, 0.2) is 12.3 Å². The highest BCUT2D eigenvalue weighted by molar-refractivity contribution is 7.80. The molecule has 1 aromatic rings. The van der Waals surface area contributed by atoms with Crippen LogP contribution in [0.2, 0.25) is 0 Å². The number of hydrogen-bond acceptors (Lipinski definition) is 6. The van der Waals surface area contributed by atoms with Gasteiger partial charge in [-0.25, -0.2) is 9.97 Å². The van der Waals surface area contributed by atoms with Crippen LogP contribution >= 0.6 is 12.2 Å². The summed E-state index contributed by atoms with van der Waals surface area (Å²) in [6.45, 7) is -0.465. The van der Waals surface area contributed by atoms with Gasteiger partial charge in [0.15, 0.2) is 0 Å². The number of anilines is 1. The number of hydrogen-bond donors (Lipinski definition) is 3. The van der Waals surface area contributed by atoms with Crippen LogP contribution in [0.1, 0.15) is 5.69 Å². The number of nitrogens with zero attached hydrogens (tertiary/aromatic N) is 3. The molecule has 18 heavy (non-hydrogen) atoms. The van der Waals surface area contributed by atoms with Crippen molar-refractivity contribution in [1.82, 2.24) is 9.97 Å². The van der Waals surface area contributed by atoms with E-state index in [0.717, 1.165) is 0 Å². The van der Waals surface area contributed by atoms with E-state index in [2.05, 4.69) is 9.97 Å². The topological polar surface area (TPSA) is 141 Å². The maximum atomic E-state index is 10.9. The Balaban J connectivity index is 3.03. The van der Waals surface area contributed by atoms with Crippen LogP contribution in [-0.2, 0) is 9.59 Å². The fourth-order valence-corrected chi connectivity index (χ4v) is 1.33. The van der Waals surface area contributed by atoms with Crippen LogP contribution in [0.4, 0.5) is 5.95 Å². The quantitative estimate of drug-likeness (QED) is 0.501. The number of rotatable bonds is 6. The molecule has 1 rings (SSSR count). The molecule has 0 aliphatic heterocycles. The van der Waals surface area contributed by atoms with Crippen molar-refractivity contribution >= 4 is 35.0 Å². The summed E-state index contributed by atoms with van der Waals surface area (Å²) >= 11 is 4.77. The number of amides is 2. The smallest absolute Gasteiger partial charge is 0.237 e. The van der Waals surface area contributed by atoms with E-state index in [1.54, 1.807) is 0 Å². The lowest BCUT2D eigenvalue weighted by Crippen LogP contribution is -2.40. The van der Waals surface area contributed by atoms with E-state index in [1.807, 2.05) is 0 Å². The van der Waals surface area contributed by atoms with Crippen LogP contribution in [0.25, 0.3) is 0 Å². The molecule has 0 aliphatic rings. The van der Waals surface area contributed by atoms with E-state index in [4.69, 9.17) is 29.4 Å². The Kier molecular flexibility index (Phi) is 4.49. The summed E-state index contributed by atoms with van der Waals surface area (Å²) in [7, 11) is 0. The third-order valence-corrected chi connectivity index (χ3v) is 2.08. The first-order chi connectivity index (χ1) is 8.40. The normalized spacial score (nSPS) is 9.78. The zero-order valence-corrected chi connectivity index (χ0v) is 10.2. The second-order valence-corrected chi connectivity index (χ2v) is 3.83. The van der Waals surface area contributed by atoms with Crippen LogP contribution in [0.3, 0.4) is 0 Å². The molecular weight excluding hydrogens is 256 g/mol. The van der Waals surface area contributed by atoms with Gasteiger partial charge in [0.1, 0.15) is 23.8 Å². The monoisotopic (exact) mass is 268 g/mol. The largest absolute Gasteiger partial charge is 0.388 e. The second kappa shape index (κ2) is 5.87. The average molecular weight is 268 g/mol. The van der Waals surface area contributed by atoms with Crippen molar-refractivity contribution in [2.45, 2.75) is 0 Å². The fraction of sp³-hybridized carbons (Fsp3) is 0.222. The van der Waals surface area contributed by atoms with Crippen molar-refractivity contribution in [2.75, 3.05) is 18.0 Å². The van der Waals surface area contributed by atoms with Gasteiger partial charge in [0.05, 0.1) is 0 Å². The molecule has 0 radical (unpaired) electrons. The predicted octanol–water partition coefficient (Wildman–Crippen LogP) is -2.11. The lowest BCUT2D eigenvalue weighted by molar-refractivity contribution is -0.117. The molecule has 9 heteroatoms. The highest BCUT2D eigenvalue weighted by Crippen LogP contribution is 2.07. The molecular formula is C9H12N6O2S. The fourth-order valence-electron chi connectivity index (χ4n) is 1.21. The van der Waals surface area contributed by atoms with Crippen molar-refractivity contribution < 1.29 is 9.59 Å². The summed E-state index contributed by atoms with van der Waals surface area (Å²) < 4.78 is 0. The Morgan fingerprint density at radius 2 is 1.78 bits per heavy atom. The highest BCUT2D eigenvalue weighted by Gasteiger charge is 2.15. The van der Waals surface area contributed by atoms with Gasteiger partial charge in [-0.15, -0.1) is 0 Å². The second-order valence-electron chi connectivity index (χ2n) is 3.39. The summed E-state index contributed by atoms with van der Waals surface area (Å²) in [5, 5.41) is 0. The van der Waals surface area contributed by atoms with Gasteiger partial charge in [0.2, 0.25) is 17.8 Å². The van der Waals surface area contributed by atoms with Crippen molar-refractivity contribution in [3.8, 4) is 0 Å². The molecule has 6 N–H and O–H groups in total. The molecule has 0 atom stereocenters. The Morgan fingerprint density at radius 1 is 1.22 bits per heavy atom. The molecule has 0 fully saturated rings. The maximum absolute atomic E-state index is 10.9. The standard InChI is InChI=1S/C9H12N6O2S/c10-6(16)3-15(4-7(11)17)9-13-2-1-5(14-9)8(12)18/h1-2H,3-4H2,(H2,10,16)(H2,11,17)(H2,12,18). The molecule has 8 nitrogen and oxygen atoms in total. The number of carbonyl (C=O) groups excluding carboxylic acids is 2. The number of thiocarbonyl (C=S) groups is 1. The Hall–Kier alpha value is -2.29. The maximum Gasteiger partial charge on any atom is 0.237 e. The molecule has 0 saturated heterocycles. The van der Waals surface area contributed by atoms with Gasteiger partial charge >= 0.3 is 0 Å². The van der Waals surface area contributed by atoms with Gasteiger partial charge in [-0.1, -0.05) is 12.2 Å². The first kappa shape index (κ1) is 13.8. The molecule has 0 bridgehead atoms. The van der Waals surface area contributed by atoms with Gasteiger partial charge in [-0.05, 0) is 6.07 Å². The predicted molar refractivity (Wildman–Crippen MR) is 68.5 cm³/mol. The van der Waals surface area contributed by atoms with Crippen LogP contribution in [0, 0.1) is 0 Å². The zero-order valence-electron chi connectivity index (χ0n) is 9.37. The summed E-state index contributed by atoms with van der Waals surface area (Å²) in [5.74, 6) is -1.17. The van der Waals surface area contributed by atoms with Crippen molar-refractivity contribution in [2.24, 2.45) is 17.2 Å². The van der Waals surface area contributed by atoms with Gasteiger partial charge in [0.25, 0.3) is 0 Å². The average Bonchev–Trinajstić information content (AvgIpc) is 2.27. The molecule has 96 valence electrons. The van der Waals surface area contributed by atoms with Crippen molar-refractivity contribution in [3.63, 3.8) is 0 Å². The molecule has 0 spiro atoms. The molecule has 0 aromatic carbocycles. The SMILES string of the molecule is NC(=O)CN(CC(N)=O)c1nccc(C(N)=S)n1. The number of nitrogens with two attached hydrogens (primary N) is 3. The van der Waals surface area contributed by atoms with E-state index in [0.29, 0.717) is 5.69 Å². The van der Waals surface area contributed by atoms with Gasteiger partial charge in [-0.2, -0.15) is 0 Å². The lowest BCUT2D eigenvalue weighted by Gasteiger charge is -2.19. The van der Waals surface area contributed by atoms with Crippen molar-refractivity contribution in [3.05, 3.63) is 18.0 Å². The molecule has 2 amide bonds. The Bertz CT molecular complexity index is 476. The third kappa shape index (κ3) is 3.94. The van der Waals surface area contributed by atoms with E-state index in [9.17, 15) is 9.59 Å². The molecule has 0 unspecified atom stereocenters. The Labute approximate surface area is 108 Å². The molecule has 0 aliphatic carbocycles. The van der Waals surface area contributed by atoms with Crippen LogP contribution in [-0.4, -0.2) is 39.9 Å². The minimum Gasteiger partial charge on any atom is -0.388 e.